The third kappa shape index (κ3) is 4.66. The maximum atomic E-state index is 11.7. The van der Waals surface area contributed by atoms with E-state index < -0.39 is 41.2 Å². The highest BCUT2D eigenvalue weighted by atomic mass is 16.7. The molecule has 1 N–H and O–H groups in total. The lowest BCUT2D eigenvalue weighted by atomic mass is 9.93. The molecule has 2 rings (SSSR count). The van der Waals surface area contributed by atoms with E-state index >= 15 is 0 Å². The molecule has 1 saturated heterocycles. The van der Waals surface area contributed by atoms with E-state index in [9.17, 15) is 24.5 Å². The van der Waals surface area contributed by atoms with Crippen molar-refractivity contribution in [3.63, 3.8) is 0 Å². The molecule has 1 aliphatic rings. The Morgan fingerprint density at radius 1 is 1.32 bits per heavy atom. The first-order chi connectivity index (χ1) is 11.8. The number of nitrogens with zero attached hydrogens (tertiary/aromatic N) is 1. The Morgan fingerprint density at radius 2 is 1.96 bits per heavy atom. The molecule has 10 heteroatoms. The molecule has 1 aromatic rings. The number of benzene rings is 1. The van der Waals surface area contributed by atoms with Crippen LogP contribution in [0.3, 0.4) is 0 Å². The Morgan fingerprint density at radius 3 is 2.48 bits per heavy atom. The van der Waals surface area contributed by atoms with Crippen LogP contribution in [-0.4, -0.2) is 35.3 Å². The zero-order valence-electron chi connectivity index (χ0n) is 13.5. The molecule has 3 atom stereocenters. The molecule has 25 heavy (non-hydrogen) atoms. The van der Waals surface area contributed by atoms with Gasteiger partial charge >= 0.3 is 12.1 Å². The summed E-state index contributed by atoms with van der Waals surface area (Å²) >= 11 is 0. The summed E-state index contributed by atoms with van der Waals surface area (Å²) in [6.45, 7) is 2.53. The van der Waals surface area contributed by atoms with E-state index in [1.807, 2.05) is 0 Å². The molecule has 1 aromatic carbocycles. The summed E-state index contributed by atoms with van der Waals surface area (Å²) in [6, 6.07) is 5.47. The van der Waals surface area contributed by atoms with Crippen LogP contribution in [0.15, 0.2) is 24.3 Å². The number of hydrogen-bond donors (Lipinski definition) is 1. The van der Waals surface area contributed by atoms with Gasteiger partial charge in [-0.1, -0.05) is 0 Å². The summed E-state index contributed by atoms with van der Waals surface area (Å²) in [5.41, 5.74) is 0.460. The number of nitro benzene ring substituents is 1. The third-order valence-electron chi connectivity index (χ3n) is 3.50. The number of carbonyl (C=O) groups is 3. The largest absolute Gasteiger partial charge is 0.508 e. The maximum Gasteiger partial charge on any atom is 0.508 e. The van der Waals surface area contributed by atoms with Crippen molar-refractivity contribution in [3.8, 4) is 0 Å². The van der Waals surface area contributed by atoms with Crippen LogP contribution >= 0.6 is 0 Å². The number of non-ortho nitro benzene ring substituents is 1. The van der Waals surface area contributed by atoms with E-state index in [0.29, 0.717) is 5.56 Å². The van der Waals surface area contributed by atoms with Crippen molar-refractivity contribution in [2.75, 3.05) is 0 Å². The van der Waals surface area contributed by atoms with Crippen LogP contribution in [0.25, 0.3) is 0 Å². The van der Waals surface area contributed by atoms with Gasteiger partial charge in [0.25, 0.3) is 5.69 Å². The molecule has 0 saturated carbocycles. The van der Waals surface area contributed by atoms with E-state index in [1.54, 1.807) is 0 Å². The van der Waals surface area contributed by atoms with Gasteiger partial charge in [-0.15, -0.1) is 0 Å². The van der Waals surface area contributed by atoms with Crippen LogP contribution < -0.4 is 5.32 Å². The van der Waals surface area contributed by atoms with Gasteiger partial charge in [0, 0.05) is 19.1 Å². The number of amides is 1. The molecule has 134 valence electrons. The van der Waals surface area contributed by atoms with Crippen LogP contribution in [-0.2, 0) is 30.4 Å². The summed E-state index contributed by atoms with van der Waals surface area (Å²) in [5, 5.41) is 12.9. The second-order valence-electron chi connectivity index (χ2n) is 5.35. The van der Waals surface area contributed by atoms with Gasteiger partial charge < -0.3 is 19.5 Å². The lowest BCUT2D eigenvalue weighted by molar-refractivity contribution is -0.384. The Labute approximate surface area is 142 Å². The topological polar surface area (TPSA) is 134 Å². The number of carbonyl (C=O) groups excluding carboxylic acids is 3. The molecule has 10 nitrogen and oxygen atoms in total. The van der Waals surface area contributed by atoms with Crippen LogP contribution in [0.2, 0.25) is 0 Å². The monoisotopic (exact) mass is 352 g/mol. The average molecular weight is 352 g/mol. The van der Waals surface area contributed by atoms with Gasteiger partial charge in [-0.05, 0) is 24.6 Å². The van der Waals surface area contributed by atoms with Gasteiger partial charge in [0.15, 0.2) is 6.23 Å². The van der Waals surface area contributed by atoms with E-state index in [4.69, 9.17) is 14.2 Å². The number of ether oxygens (including phenoxy) is 3. The van der Waals surface area contributed by atoms with Crippen LogP contribution in [0.4, 0.5) is 10.5 Å². The standard InChI is InChI=1S/C15H16N2O8/c1-8(12-13(19)16-14(12)25-9(2)18)24-15(20)23-7-10-3-5-11(6-4-10)17(21)22/h3-6,8,12,14H,7H2,1-2H3,(H,16,19)/t8-,12-,14-/m1/s1. The second kappa shape index (κ2) is 7.60. The first-order valence-corrected chi connectivity index (χ1v) is 7.32. The molecule has 0 radical (unpaired) electrons. The zero-order valence-corrected chi connectivity index (χ0v) is 13.5. The third-order valence-corrected chi connectivity index (χ3v) is 3.50. The highest BCUT2D eigenvalue weighted by Crippen LogP contribution is 2.23. The highest BCUT2D eigenvalue weighted by molar-refractivity contribution is 5.87. The molecule has 0 spiro atoms. The van der Waals surface area contributed by atoms with Crippen molar-refractivity contribution in [3.05, 3.63) is 39.9 Å². The van der Waals surface area contributed by atoms with Crippen LogP contribution in [0, 0.1) is 16.0 Å². The van der Waals surface area contributed by atoms with E-state index in [-0.39, 0.29) is 12.3 Å². The summed E-state index contributed by atoms with van der Waals surface area (Å²) in [5.74, 6) is -1.78. The van der Waals surface area contributed by atoms with Crippen LogP contribution in [0.1, 0.15) is 19.4 Å². The van der Waals surface area contributed by atoms with Crippen molar-refractivity contribution in [1.82, 2.24) is 5.32 Å². The summed E-state index contributed by atoms with van der Waals surface area (Å²) in [7, 11) is 0. The Kier molecular flexibility index (Phi) is 5.52. The minimum atomic E-state index is -1.01. The van der Waals surface area contributed by atoms with Gasteiger partial charge in [-0.3, -0.25) is 19.7 Å². The quantitative estimate of drug-likeness (QED) is 0.350. The Balaban J connectivity index is 1.82. The van der Waals surface area contributed by atoms with Crippen molar-refractivity contribution in [1.29, 1.82) is 0 Å². The molecule has 0 bridgehead atoms. The van der Waals surface area contributed by atoms with Gasteiger partial charge in [0.1, 0.15) is 18.6 Å². The number of esters is 1. The van der Waals surface area contributed by atoms with Crippen molar-refractivity contribution >= 4 is 23.7 Å². The molecular formula is C15H16N2O8. The van der Waals surface area contributed by atoms with Gasteiger partial charge in [-0.2, -0.15) is 0 Å². The lowest BCUT2D eigenvalue weighted by Gasteiger charge is -2.38. The zero-order chi connectivity index (χ0) is 18.6. The first-order valence-electron chi connectivity index (χ1n) is 7.32. The normalized spacial score (nSPS) is 19.8. The first kappa shape index (κ1) is 18.2. The van der Waals surface area contributed by atoms with Gasteiger partial charge in [0.2, 0.25) is 5.91 Å². The number of hydrogen-bond acceptors (Lipinski definition) is 8. The van der Waals surface area contributed by atoms with Gasteiger partial charge in [-0.25, -0.2) is 4.79 Å². The SMILES string of the molecule is CC(=O)O[C@H]1NC(=O)[C@H]1[C@@H](C)OC(=O)OCc1ccc([N+](=O)[O-])cc1. The number of nitrogens with one attached hydrogen (secondary N) is 1. The molecule has 1 amide bonds. The van der Waals surface area contributed by atoms with E-state index in [1.165, 1.54) is 38.1 Å². The van der Waals surface area contributed by atoms with Gasteiger partial charge in [0.05, 0.1) is 4.92 Å². The average Bonchev–Trinajstić information content (AvgIpc) is 2.52. The molecule has 0 unspecified atom stereocenters. The Hall–Kier alpha value is -3.17. The predicted molar refractivity (Wildman–Crippen MR) is 81.0 cm³/mol. The van der Waals surface area contributed by atoms with Crippen molar-refractivity contribution < 1.29 is 33.5 Å². The molecule has 0 aromatic heterocycles. The van der Waals surface area contributed by atoms with Crippen LogP contribution in [0.5, 0.6) is 0 Å². The summed E-state index contributed by atoms with van der Waals surface area (Å²) in [4.78, 5) is 44.1. The molecule has 0 aliphatic carbocycles. The maximum absolute atomic E-state index is 11.7. The number of nitro groups is 1. The smallest absolute Gasteiger partial charge is 0.441 e. The minimum absolute atomic E-state index is 0.0764. The number of rotatable bonds is 6. The highest BCUT2D eigenvalue weighted by Gasteiger charge is 2.47. The number of β-lactam (4-membered cyclic amide) rings is 1. The summed E-state index contributed by atoms with van der Waals surface area (Å²) < 4.78 is 14.8. The Bertz CT molecular complexity index is 687. The fourth-order valence-electron chi connectivity index (χ4n) is 2.22. The fraction of sp³-hybridized carbons (Fsp3) is 0.400. The van der Waals surface area contributed by atoms with Crippen molar-refractivity contribution in [2.45, 2.75) is 32.8 Å². The van der Waals surface area contributed by atoms with E-state index in [2.05, 4.69) is 5.32 Å². The molecule has 1 aliphatic heterocycles. The fourth-order valence-corrected chi connectivity index (χ4v) is 2.22. The summed E-state index contributed by atoms with van der Waals surface area (Å²) in [6.07, 6.45) is -2.71. The predicted octanol–water partition coefficient (Wildman–Crippen LogP) is 1.27. The minimum Gasteiger partial charge on any atom is -0.441 e. The molecule has 1 fully saturated rings. The second-order valence-corrected chi connectivity index (χ2v) is 5.35. The molecular weight excluding hydrogens is 336 g/mol. The molecule has 1 heterocycles. The van der Waals surface area contributed by atoms with E-state index in [0.717, 1.165) is 0 Å². The van der Waals surface area contributed by atoms with Crippen molar-refractivity contribution in [2.24, 2.45) is 5.92 Å². The lowest BCUT2D eigenvalue weighted by Crippen LogP contribution is -2.63.